The smallest absolute Gasteiger partial charge is 0.409 e. The minimum absolute atomic E-state index is 0.00263. The lowest BCUT2D eigenvalue weighted by atomic mass is 10.1. The van der Waals surface area contributed by atoms with E-state index in [1.54, 1.807) is 0 Å². The van der Waals surface area contributed by atoms with Crippen LogP contribution in [0.4, 0.5) is 25.4 Å². The Morgan fingerprint density at radius 1 is 0.929 bits per heavy atom. The molecule has 0 bridgehead atoms. The molecule has 1 aromatic carbocycles. The molecule has 0 spiro atoms. The number of hydrogen-bond acceptors (Lipinski definition) is 7. The van der Waals surface area contributed by atoms with Crippen molar-refractivity contribution in [3.63, 3.8) is 0 Å². The van der Waals surface area contributed by atoms with Crippen LogP contribution in [-0.2, 0) is 24.0 Å². The van der Waals surface area contributed by atoms with Crippen molar-refractivity contribution < 1.29 is 43.1 Å². The zero-order valence-corrected chi connectivity index (χ0v) is 23.1. The number of nitrogens with two attached hydrogens (primary N) is 1. The molecule has 1 aliphatic rings. The first-order chi connectivity index (χ1) is 19.9. The Morgan fingerprint density at radius 2 is 1.62 bits per heavy atom. The summed E-state index contributed by atoms with van der Waals surface area (Å²) in [7, 11) is 0. The summed E-state index contributed by atoms with van der Waals surface area (Å²) < 4.78 is 14.5. The lowest BCUT2D eigenvalue weighted by Gasteiger charge is -2.19. The predicted octanol–water partition coefficient (Wildman–Crippen LogP) is 1.04. The van der Waals surface area contributed by atoms with Crippen LogP contribution in [0, 0.1) is 5.82 Å². The number of unbranched alkanes of at least 4 members (excludes halogenated alkanes) is 2. The molecule has 0 saturated heterocycles. The Bertz CT molecular complexity index is 1240. The highest BCUT2D eigenvalue weighted by Crippen LogP contribution is 2.28. The molecule has 0 fully saturated rings. The van der Waals surface area contributed by atoms with Gasteiger partial charge in [0.15, 0.2) is 0 Å². The fourth-order valence-electron chi connectivity index (χ4n) is 3.76. The Morgan fingerprint density at radius 3 is 2.26 bits per heavy atom. The van der Waals surface area contributed by atoms with Gasteiger partial charge in [0, 0.05) is 37.7 Å². The van der Waals surface area contributed by atoms with Crippen LogP contribution in [0.25, 0.3) is 0 Å². The summed E-state index contributed by atoms with van der Waals surface area (Å²) in [5.41, 5.74) is 4.40. The molecule has 0 saturated carbocycles. The van der Waals surface area contributed by atoms with Gasteiger partial charge in [-0.3, -0.25) is 34.2 Å². The second-order valence-corrected chi connectivity index (χ2v) is 9.44. The number of amides is 8. The van der Waals surface area contributed by atoms with Crippen LogP contribution in [0.3, 0.4) is 0 Å². The number of rotatable bonds is 16. The molecule has 17 heteroatoms. The fraction of sp³-hybridized carbons (Fsp3) is 0.400. The molecule has 8 N–H and O–H groups in total. The number of carbonyl (C=O) groups is 7. The Kier molecular flexibility index (Phi) is 13.2. The fourth-order valence-corrected chi connectivity index (χ4v) is 3.97. The van der Waals surface area contributed by atoms with Crippen LogP contribution in [0.5, 0.6) is 0 Å². The second-order valence-electron chi connectivity index (χ2n) is 9.03. The standard InChI is InChI=1S/C25H31ClFN7O8/c26-14-11-18(15(27)12-17(14)33-25(41)42)32-23(39)16(5-4-9-29-24(28)40)31-20(36)13-30-19(35)6-2-1-3-10-34-21(37)7-8-22(34)38/h7-8,11-12,16,33H,1-6,9-10,13H2,(H,30,35)(H,31,36)(H,32,39)(H,41,42)(H3,28,29,40). The number of halogens is 2. The number of imide groups is 1. The van der Waals surface area contributed by atoms with E-state index in [0.29, 0.717) is 19.3 Å². The molecule has 42 heavy (non-hydrogen) atoms. The third kappa shape index (κ3) is 11.4. The number of urea groups is 1. The van der Waals surface area contributed by atoms with Gasteiger partial charge in [0.2, 0.25) is 17.7 Å². The van der Waals surface area contributed by atoms with Crippen molar-refractivity contribution in [2.45, 2.75) is 44.6 Å². The van der Waals surface area contributed by atoms with E-state index in [4.69, 9.17) is 22.4 Å². The third-order valence-electron chi connectivity index (χ3n) is 5.81. The third-order valence-corrected chi connectivity index (χ3v) is 6.12. The normalized spacial score (nSPS) is 13.0. The van der Waals surface area contributed by atoms with Crippen molar-refractivity contribution in [3.8, 4) is 0 Å². The lowest BCUT2D eigenvalue weighted by Crippen LogP contribution is -2.47. The molecular weight excluding hydrogens is 581 g/mol. The monoisotopic (exact) mass is 611 g/mol. The predicted molar refractivity (Wildman–Crippen MR) is 148 cm³/mol. The van der Waals surface area contributed by atoms with Crippen molar-refractivity contribution in [2.75, 3.05) is 30.3 Å². The van der Waals surface area contributed by atoms with E-state index >= 15 is 0 Å². The average molecular weight is 612 g/mol. The summed E-state index contributed by atoms with van der Waals surface area (Å²) in [6.07, 6.45) is 2.72. The number of carboxylic acid groups (broad SMARTS) is 1. The summed E-state index contributed by atoms with van der Waals surface area (Å²) in [4.78, 5) is 83.3. The first-order valence-electron chi connectivity index (χ1n) is 12.8. The highest BCUT2D eigenvalue weighted by atomic mass is 35.5. The van der Waals surface area contributed by atoms with E-state index in [2.05, 4.69) is 21.3 Å². The quantitative estimate of drug-likeness (QED) is 0.105. The maximum atomic E-state index is 14.5. The van der Waals surface area contributed by atoms with Crippen molar-refractivity contribution >= 4 is 64.6 Å². The first kappa shape index (κ1) is 33.5. The first-order valence-corrected chi connectivity index (χ1v) is 13.2. The number of nitrogens with one attached hydrogen (secondary N) is 5. The second kappa shape index (κ2) is 16.5. The molecule has 15 nitrogen and oxygen atoms in total. The largest absolute Gasteiger partial charge is 0.465 e. The zero-order valence-electron chi connectivity index (χ0n) is 22.3. The van der Waals surface area contributed by atoms with Crippen LogP contribution >= 0.6 is 11.6 Å². The zero-order chi connectivity index (χ0) is 31.2. The molecule has 228 valence electrons. The summed E-state index contributed by atoms with van der Waals surface area (Å²) in [5, 5.41) is 20.0. The van der Waals surface area contributed by atoms with Gasteiger partial charge in [-0.1, -0.05) is 18.0 Å². The van der Waals surface area contributed by atoms with Gasteiger partial charge in [-0.05, 0) is 31.7 Å². The van der Waals surface area contributed by atoms with Crippen molar-refractivity contribution in [2.24, 2.45) is 5.73 Å². The van der Waals surface area contributed by atoms with Gasteiger partial charge in [0.1, 0.15) is 11.9 Å². The van der Waals surface area contributed by atoms with Crippen molar-refractivity contribution in [1.29, 1.82) is 0 Å². The maximum Gasteiger partial charge on any atom is 0.409 e. The van der Waals surface area contributed by atoms with Crippen molar-refractivity contribution in [3.05, 3.63) is 35.1 Å². The molecule has 2 rings (SSSR count). The molecule has 8 amide bonds. The van der Waals surface area contributed by atoms with E-state index in [0.717, 1.165) is 17.0 Å². The molecule has 1 heterocycles. The van der Waals surface area contributed by atoms with Crippen LogP contribution in [-0.4, -0.2) is 77.3 Å². The average Bonchev–Trinajstić information content (AvgIpc) is 3.23. The van der Waals surface area contributed by atoms with Gasteiger partial charge >= 0.3 is 12.1 Å². The maximum absolute atomic E-state index is 14.5. The van der Waals surface area contributed by atoms with Crippen LogP contribution in [0.2, 0.25) is 5.02 Å². The molecule has 0 aromatic heterocycles. The number of primary amides is 1. The molecule has 1 aromatic rings. The van der Waals surface area contributed by atoms with Crippen molar-refractivity contribution in [1.82, 2.24) is 20.9 Å². The number of benzene rings is 1. The number of hydrogen-bond donors (Lipinski definition) is 7. The molecule has 1 atom stereocenters. The Balaban J connectivity index is 1.86. The lowest BCUT2D eigenvalue weighted by molar-refractivity contribution is -0.137. The van der Waals surface area contributed by atoms with Gasteiger partial charge in [0.05, 0.1) is 22.9 Å². The minimum Gasteiger partial charge on any atom is -0.465 e. The number of nitrogens with zero attached hydrogens (tertiary/aromatic N) is 1. The highest BCUT2D eigenvalue weighted by molar-refractivity contribution is 6.34. The van der Waals surface area contributed by atoms with E-state index in [1.807, 2.05) is 5.32 Å². The van der Waals surface area contributed by atoms with E-state index in [9.17, 15) is 38.0 Å². The number of anilines is 2. The Hall–Kier alpha value is -4.73. The van der Waals surface area contributed by atoms with Crippen LogP contribution < -0.4 is 32.3 Å². The van der Waals surface area contributed by atoms with E-state index < -0.39 is 48.2 Å². The Labute approximate surface area is 244 Å². The summed E-state index contributed by atoms with van der Waals surface area (Å²) in [5.74, 6) is -3.74. The molecule has 0 aliphatic carbocycles. The highest BCUT2D eigenvalue weighted by Gasteiger charge is 2.24. The van der Waals surface area contributed by atoms with Crippen LogP contribution in [0.1, 0.15) is 38.5 Å². The summed E-state index contributed by atoms with van der Waals surface area (Å²) in [6.45, 7) is -0.134. The molecular formula is C25H31ClFN7O8. The minimum atomic E-state index is -1.47. The summed E-state index contributed by atoms with van der Waals surface area (Å²) >= 11 is 5.95. The van der Waals surface area contributed by atoms with Gasteiger partial charge in [-0.15, -0.1) is 0 Å². The number of carbonyl (C=O) groups excluding carboxylic acids is 6. The topological polar surface area (TPSA) is 229 Å². The SMILES string of the molecule is NC(=O)NCCCC(NC(=O)CNC(=O)CCCCCN1C(=O)C=CC1=O)C(=O)Nc1cc(Cl)c(NC(=O)O)cc1F. The van der Waals surface area contributed by atoms with E-state index in [1.165, 1.54) is 12.2 Å². The van der Waals surface area contributed by atoms with Crippen LogP contribution in [0.15, 0.2) is 24.3 Å². The summed E-state index contributed by atoms with van der Waals surface area (Å²) in [6, 6.07) is -0.241. The molecule has 0 radical (unpaired) electrons. The van der Waals surface area contributed by atoms with Gasteiger partial charge in [0.25, 0.3) is 11.8 Å². The van der Waals surface area contributed by atoms with Gasteiger partial charge < -0.3 is 32.1 Å². The molecule has 1 unspecified atom stereocenters. The van der Waals surface area contributed by atoms with Gasteiger partial charge in [-0.25, -0.2) is 14.0 Å². The molecule has 1 aliphatic heterocycles. The van der Waals surface area contributed by atoms with E-state index in [-0.39, 0.29) is 60.6 Å². The van der Waals surface area contributed by atoms with Gasteiger partial charge in [-0.2, -0.15) is 0 Å².